The summed E-state index contributed by atoms with van der Waals surface area (Å²) in [5.41, 5.74) is 0. The van der Waals surface area contributed by atoms with E-state index in [2.05, 4.69) is 34.4 Å². The molecule has 0 aromatic rings. The van der Waals surface area contributed by atoms with Crippen molar-refractivity contribution in [3.63, 3.8) is 0 Å². The number of hydrogen-bond donors (Lipinski definition) is 2. The summed E-state index contributed by atoms with van der Waals surface area (Å²) in [7, 11) is 1.83. The van der Waals surface area contributed by atoms with Gasteiger partial charge in [0.15, 0.2) is 5.96 Å². The molecular weight excluding hydrogens is 240 g/mol. The number of nitrogens with zero attached hydrogens (tertiary/aromatic N) is 2. The Morgan fingerprint density at radius 2 is 1.89 bits per heavy atom. The summed E-state index contributed by atoms with van der Waals surface area (Å²) >= 11 is 0. The molecule has 5 nitrogen and oxygen atoms in total. The van der Waals surface area contributed by atoms with Crippen LogP contribution in [-0.4, -0.2) is 63.8 Å². The lowest BCUT2D eigenvalue weighted by atomic mass is 10.0. The van der Waals surface area contributed by atoms with Gasteiger partial charge in [0.05, 0.1) is 13.2 Å². The van der Waals surface area contributed by atoms with Gasteiger partial charge in [-0.15, -0.1) is 0 Å². The zero-order valence-corrected chi connectivity index (χ0v) is 12.7. The molecule has 0 saturated carbocycles. The molecule has 1 saturated heterocycles. The summed E-state index contributed by atoms with van der Waals surface area (Å²) in [4.78, 5) is 6.68. The van der Waals surface area contributed by atoms with Gasteiger partial charge in [0, 0.05) is 39.8 Å². The van der Waals surface area contributed by atoms with Crippen LogP contribution in [0.25, 0.3) is 0 Å². The van der Waals surface area contributed by atoms with Crippen LogP contribution in [-0.2, 0) is 4.74 Å². The first-order valence-corrected chi connectivity index (χ1v) is 7.54. The minimum absolute atomic E-state index is 0.734. The number of ether oxygens (including phenoxy) is 1. The van der Waals surface area contributed by atoms with E-state index in [0.29, 0.717) is 0 Å². The SMILES string of the molecule is CCC(CC)CNC(=NC)NCCN1CCOCC1. The molecule has 19 heavy (non-hydrogen) atoms. The minimum atomic E-state index is 0.734. The molecule has 0 amide bonds. The normalized spacial score (nSPS) is 17.8. The van der Waals surface area contributed by atoms with Gasteiger partial charge in [-0.2, -0.15) is 0 Å². The third-order valence-electron chi connectivity index (χ3n) is 3.76. The van der Waals surface area contributed by atoms with Gasteiger partial charge in [0.25, 0.3) is 0 Å². The van der Waals surface area contributed by atoms with Gasteiger partial charge < -0.3 is 15.4 Å². The predicted molar refractivity (Wildman–Crippen MR) is 80.7 cm³/mol. The molecule has 1 aliphatic heterocycles. The van der Waals surface area contributed by atoms with Crippen LogP contribution in [0, 0.1) is 5.92 Å². The predicted octanol–water partition coefficient (Wildman–Crippen LogP) is 0.920. The second kappa shape index (κ2) is 10.0. The first-order chi connectivity index (χ1) is 9.30. The van der Waals surface area contributed by atoms with Crippen molar-refractivity contribution in [3.8, 4) is 0 Å². The van der Waals surface area contributed by atoms with E-state index in [0.717, 1.165) is 57.8 Å². The van der Waals surface area contributed by atoms with Gasteiger partial charge in [-0.05, 0) is 5.92 Å². The van der Waals surface area contributed by atoms with Crippen LogP contribution in [0.5, 0.6) is 0 Å². The molecular formula is C14H30N4O. The molecule has 2 N–H and O–H groups in total. The van der Waals surface area contributed by atoms with Crippen molar-refractivity contribution in [3.05, 3.63) is 0 Å². The molecule has 1 rings (SSSR count). The van der Waals surface area contributed by atoms with Crippen molar-refractivity contribution in [2.24, 2.45) is 10.9 Å². The topological polar surface area (TPSA) is 48.9 Å². The van der Waals surface area contributed by atoms with Gasteiger partial charge in [0.2, 0.25) is 0 Å². The maximum atomic E-state index is 5.34. The number of aliphatic imine (C=N–C) groups is 1. The van der Waals surface area contributed by atoms with Crippen LogP contribution < -0.4 is 10.6 Å². The van der Waals surface area contributed by atoms with Crippen LogP contribution in [0.1, 0.15) is 26.7 Å². The first-order valence-electron chi connectivity index (χ1n) is 7.54. The van der Waals surface area contributed by atoms with Crippen molar-refractivity contribution < 1.29 is 4.74 Å². The monoisotopic (exact) mass is 270 g/mol. The summed E-state index contributed by atoms with van der Waals surface area (Å²) < 4.78 is 5.34. The summed E-state index contributed by atoms with van der Waals surface area (Å²) in [5, 5.41) is 6.78. The van der Waals surface area contributed by atoms with Crippen LogP contribution in [0.4, 0.5) is 0 Å². The molecule has 1 fully saturated rings. The van der Waals surface area contributed by atoms with E-state index in [1.54, 1.807) is 0 Å². The average molecular weight is 270 g/mol. The lowest BCUT2D eigenvalue weighted by molar-refractivity contribution is 0.0389. The maximum absolute atomic E-state index is 5.34. The Morgan fingerprint density at radius 1 is 1.21 bits per heavy atom. The van der Waals surface area contributed by atoms with Crippen molar-refractivity contribution in [2.75, 3.05) is 53.0 Å². The largest absolute Gasteiger partial charge is 0.379 e. The molecule has 0 aromatic carbocycles. The highest BCUT2D eigenvalue weighted by Crippen LogP contribution is 2.04. The second-order valence-corrected chi connectivity index (χ2v) is 5.02. The number of morpholine rings is 1. The standard InChI is InChI=1S/C14H30N4O/c1-4-13(5-2)12-17-14(15-3)16-6-7-18-8-10-19-11-9-18/h13H,4-12H2,1-3H3,(H2,15,16,17). The highest BCUT2D eigenvalue weighted by Gasteiger charge is 2.10. The highest BCUT2D eigenvalue weighted by molar-refractivity contribution is 5.79. The Hall–Kier alpha value is -0.810. The van der Waals surface area contributed by atoms with E-state index in [9.17, 15) is 0 Å². The first kappa shape index (κ1) is 16.2. The maximum Gasteiger partial charge on any atom is 0.191 e. The lowest BCUT2D eigenvalue weighted by Gasteiger charge is -2.26. The Labute approximate surface area is 117 Å². The fourth-order valence-corrected chi connectivity index (χ4v) is 2.20. The third kappa shape index (κ3) is 6.78. The van der Waals surface area contributed by atoms with Gasteiger partial charge >= 0.3 is 0 Å². The van der Waals surface area contributed by atoms with Crippen LogP contribution in [0.3, 0.4) is 0 Å². The Balaban J connectivity index is 2.14. The molecule has 0 aromatic heterocycles. The Kier molecular flexibility index (Phi) is 8.58. The number of guanidine groups is 1. The van der Waals surface area contributed by atoms with Gasteiger partial charge in [-0.1, -0.05) is 26.7 Å². The van der Waals surface area contributed by atoms with E-state index in [1.165, 1.54) is 12.8 Å². The number of rotatable bonds is 7. The zero-order chi connectivity index (χ0) is 13.9. The molecule has 5 heteroatoms. The molecule has 1 aliphatic rings. The highest BCUT2D eigenvalue weighted by atomic mass is 16.5. The smallest absolute Gasteiger partial charge is 0.191 e. The molecule has 0 radical (unpaired) electrons. The van der Waals surface area contributed by atoms with E-state index in [4.69, 9.17) is 4.74 Å². The summed E-state index contributed by atoms with van der Waals surface area (Å²) in [6, 6.07) is 0. The van der Waals surface area contributed by atoms with Crippen molar-refractivity contribution in [1.82, 2.24) is 15.5 Å². The quantitative estimate of drug-likeness (QED) is 0.533. The van der Waals surface area contributed by atoms with Crippen LogP contribution >= 0.6 is 0 Å². The molecule has 0 spiro atoms. The Morgan fingerprint density at radius 3 is 2.47 bits per heavy atom. The molecule has 0 atom stereocenters. The van der Waals surface area contributed by atoms with E-state index in [1.807, 2.05) is 7.05 Å². The van der Waals surface area contributed by atoms with Crippen LogP contribution in [0.15, 0.2) is 4.99 Å². The second-order valence-electron chi connectivity index (χ2n) is 5.02. The van der Waals surface area contributed by atoms with Crippen LogP contribution in [0.2, 0.25) is 0 Å². The van der Waals surface area contributed by atoms with Crippen molar-refractivity contribution >= 4 is 5.96 Å². The number of hydrogen-bond acceptors (Lipinski definition) is 3. The van der Waals surface area contributed by atoms with Gasteiger partial charge in [-0.25, -0.2) is 0 Å². The van der Waals surface area contributed by atoms with E-state index >= 15 is 0 Å². The van der Waals surface area contributed by atoms with Crippen molar-refractivity contribution in [2.45, 2.75) is 26.7 Å². The zero-order valence-electron chi connectivity index (χ0n) is 12.7. The van der Waals surface area contributed by atoms with E-state index in [-0.39, 0.29) is 0 Å². The molecule has 0 unspecified atom stereocenters. The molecule has 1 heterocycles. The molecule has 112 valence electrons. The lowest BCUT2D eigenvalue weighted by Crippen LogP contribution is -2.45. The number of nitrogens with one attached hydrogen (secondary N) is 2. The summed E-state index contributed by atoms with van der Waals surface area (Å²) in [5.74, 6) is 1.65. The van der Waals surface area contributed by atoms with Gasteiger partial charge in [-0.3, -0.25) is 9.89 Å². The van der Waals surface area contributed by atoms with Crippen molar-refractivity contribution in [1.29, 1.82) is 0 Å². The Bertz CT molecular complexity index is 248. The fraction of sp³-hybridized carbons (Fsp3) is 0.929. The average Bonchev–Trinajstić information content (AvgIpc) is 2.47. The molecule has 0 aliphatic carbocycles. The van der Waals surface area contributed by atoms with E-state index < -0.39 is 0 Å². The molecule has 0 bridgehead atoms. The minimum Gasteiger partial charge on any atom is -0.379 e. The summed E-state index contributed by atoms with van der Waals surface area (Å²) in [6.45, 7) is 11.3. The fourth-order valence-electron chi connectivity index (χ4n) is 2.20. The summed E-state index contributed by atoms with van der Waals surface area (Å²) in [6.07, 6.45) is 2.43. The third-order valence-corrected chi connectivity index (χ3v) is 3.76. The van der Waals surface area contributed by atoms with Gasteiger partial charge in [0.1, 0.15) is 0 Å².